The number of aromatic nitrogens is 2. The number of benzene rings is 2. The van der Waals surface area contributed by atoms with Crippen molar-refractivity contribution in [2.24, 2.45) is 0 Å². The summed E-state index contributed by atoms with van der Waals surface area (Å²) >= 11 is 0. The molecule has 0 radical (unpaired) electrons. The number of carbonyl (C=O) groups excluding carboxylic acids is 1. The van der Waals surface area contributed by atoms with Crippen molar-refractivity contribution >= 4 is 12.0 Å². The Labute approximate surface area is 175 Å². The number of ether oxygens (including phenoxy) is 1. The highest BCUT2D eigenvalue weighted by Crippen LogP contribution is 2.20. The third-order valence-corrected chi connectivity index (χ3v) is 4.99. The van der Waals surface area contributed by atoms with Crippen LogP contribution < -0.4 is 16.0 Å². The number of amides is 1. The highest BCUT2D eigenvalue weighted by Gasteiger charge is 2.21. The molecule has 0 spiro atoms. The fourth-order valence-corrected chi connectivity index (χ4v) is 3.43. The van der Waals surface area contributed by atoms with Gasteiger partial charge in [-0.2, -0.15) is 0 Å². The summed E-state index contributed by atoms with van der Waals surface area (Å²) in [5.74, 6) is 0.597. The summed E-state index contributed by atoms with van der Waals surface area (Å²) in [6.07, 6.45) is 4.11. The zero-order valence-electron chi connectivity index (χ0n) is 16.9. The van der Waals surface area contributed by atoms with E-state index in [2.05, 4.69) is 68.4 Å². The quantitative estimate of drug-likeness (QED) is 0.536. The van der Waals surface area contributed by atoms with Gasteiger partial charge in [0.1, 0.15) is 6.61 Å². The molecule has 30 heavy (non-hydrogen) atoms. The van der Waals surface area contributed by atoms with Crippen molar-refractivity contribution in [3.8, 4) is 11.1 Å². The van der Waals surface area contributed by atoms with E-state index >= 15 is 0 Å². The standard InChI is InChI=1S/C23H25N5O2/c1-24-11-18-3-2-4-19(9-18)20-13-26-22(27-14-20)25-12-17-7-5-16(6-8-17)10-21-15-30-23(29)28-21/h2-9,13-14,21,24H,10-12,15H2,1H3,(H,28,29)(H,25,26,27). The van der Waals surface area contributed by atoms with E-state index in [1.165, 1.54) is 5.56 Å². The van der Waals surface area contributed by atoms with Crippen LogP contribution in [-0.4, -0.2) is 35.8 Å². The fraction of sp³-hybridized carbons (Fsp3) is 0.261. The SMILES string of the molecule is CNCc1cccc(-c2cnc(NCc3ccc(CC4COC(=O)N4)cc3)nc2)c1. The molecule has 1 aliphatic rings. The molecule has 1 fully saturated rings. The molecule has 1 atom stereocenters. The lowest BCUT2D eigenvalue weighted by molar-refractivity contribution is 0.177. The van der Waals surface area contributed by atoms with E-state index in [9.17, 15) is 4.79 Å². The van der Waals surface area contributed by atoms with Gasteiger partial charge in [0.15, 0.2) is 0 Å². The van der Waals surface area contributed by atoms with Crippen LogP contribution in [0, 0.1) is 0 Å². The van der Waals surface area contributed by atoms with Gasteiger partial charge in [-0.1, -0.05) is 42.5 Å². The summed E-state index contributed by atoms with van der Waals surface area (Å²) in [7, 11) is 1.94. The van der Waals surface area contributed by atoms with Gasteiger partial charge >= 0.3 is 6.09 Å². The van der Waals surface area contributed by atoms with Gasteiger partial charge in [-0.05, 0) is 41.8 Å². The summed E-state index contributed by atoms with van der Waals surface area (Å²) in [5, 5.41) is 9.22. The predicted octanol–water partition coefficient (Wildman–Crippen LogP) is 3.13. The maximum absolute atomic E-state index is 11.1. The Hall–Kier alpha value is -3.45. The minimum atomic E-state index is -0.336. The molecule has 1 aliphatic heterocycles. The van der Waals surface area contributed by atoms with Crippen LogP contribution in [0.4, 0.5) is 10.7 Å². The molecule has 2 aromatic carbocycles. The minimum absolute atomic E-state index is 0.0484. The number of hydrogen-bond acceptors (Lipinski definition) is 6. The van der Waals surface area contributed by atoms with Crippen LogP contribution >= 0.6 is 0 Å². The molecule has 1 amide bonds. The van der Waals surface area contributed by atoms with Crippen molar-refractivity contribution in [3.63, 3.8) is 0 Å². The topological polar surface area (TPSA) is 88.2 Å². The molecule has 154 valence electrons. The van der Waals surface area contributed by atoms with E-state index in [4.69, 9.17) is 4.74 Å². The van der Waals surface area contributed by atoms with E-state index in [0.29, 0.717) is 19.1 Å². The third-order valence-electron chi connectivity index (χ3n) is 4.99. The Bertz CT molecular complexity index is 989. The van der Waals surface area contributed by atoms with Crippen molar-refractivity contribution in [2.75, 3.05) is 19.0 Å². The zero-order valence-corrected chi connectivity index (χ0v) is 16.9. The van der Waals surface area contributed by atoms with Gasteiger partial charge in [0, 0.05) is 31.0 Å². The first-order valence-corrected chi connectivity index (χ1v) is 10.0. The molecular weight excluding hydrogens is 378 g/mol. The normalized spacial score (nSPS) is 15.5. The van der Waals surface area contributed by atoms with Gasteiger partial charge in [-0.25, -0.2) is 14.8 Å². The maximum atomic E-state index is 11.1. The summed E-state index contributed by atoms with van der Waals surface area (Å²) in [4.78, 5) is 20.0. The number of alkyl carbamates (subject to hydrolysis) is 1. The molecule has 1 aromatic heterocycles. The predicted molar refractivity (Wildman–Crippen MR) is 116 cm³/mol. The van der Waals surface area contributed by atoms with Gasteiger partial charge in [0.2, 0.25) is 5.95 Å². The van der Waals surface area contributed by atoms with E-state index in [1.807, 2.05) is 25.5 Å². The maximum Gasteiger partial charge on any atom is 0.407 e. The molecular formula is C23H25N5O2. The second-order valence-electron chi connectivity index (χ2n) is 7.34. The second-order valence-corrected chi connectivity index (χ2v) is 7.34. The van der Waals surface area contributed by atoms with E-state index in [1.54, 1.807) is 0 Å². The van der Waals surface area contributed by atoms with Crippen molar-refractivity contribution in [3.05, 3.63) is 77.6 Å². The number of cyclic esters (lactones) is 1. The number of carbonyl (C=O) groups is 1. The van der Waals surface area contributed by atoms with Gasteiger partial charge < -0.3 is 20.7 Å². The van der Waals surface area contributed by atoms with Crippen LogP contribution in [0.2, 0.25) is 0 Å². The minimum Gasteiger partial charge on any atom is -0.447 e. The lowest BCUT2D eigenvalue weighted by atomic mass is 10.0. The van der Waals surface area contributed by atoms with Crippen LogP contribution in [0.3, 0.4) is 0 Å². The fourth-order valence-electron chi connectivity index (χ4n) is 3.43. The molecule has 0 aliphatic carbocycles. The van der Waals surface area contributed by atoms with Crippen LogP contribution in [0.5, 0.6) is 0 Å². The molecule has 7 nitrogen and oxygen atoms in total. The van der Waals surface area contributed by atoms with Crippen molar-refractivity contribution < 1.29 is 9.53 Å². The Morgan fingerprint density at radius 2 is 1.77 bits per heavy atom. The zero-order chi connectivity index (χ0) is 20.8. The summed E-state index contributed by atoms with van der Waals surface area (Å²) in [6, 6.07) is 16.7. The molecule has 2 heterocycles. The molecule has 1 saturated heterocycles. The summed E-state index contributed by atoms with van der Waals surface area (Å²) < 4.78 is 4.93. The Morgan fingerprint density at radius 1 is 1.00 bits per heavy atom. The van der Waals surface area contributed by atoms with Gasteiger partial charge in [-0.15, -0.1) is 0 Å². The molecule has 3 aromatic rings. The second kappa shape index (κ2) is 9.37. The Kier molecular flexibility index (Phi) is 6.20. The number of rotatable bonds is 8. The molecule has 0 bridgehead atoms. The molecule has 3 N–H and O–H groups in total. The monoisotopic (exact) mass is 403 g/mol. The molecule has 7 heteroatoms. The Balaban J connectivity index is 1.31. The van der Waals surface area contributed by atoms with E-state index in [0.717, 1.165) is 35.2 Å². The average molecular weight is 403 g/mol. The largest absolute Gasteiger partial charge is 0.447 e. The van der Waals surface area contributed by atoms with Crippen LogP contribution in [0.1, 0.15) is 16.7 Å². The van der Waals surface area contributed by atoms with Gasteiger partial charge in [0.25, 0.3) is 0 Å². The lowest BCUT2D eigenvalue weighted by Gasteiger charge is -2.09. The third kappa shape index (κ3) is 5.12. The first-order chi connectivity index (χ1) is 14.7. The summed E-state index contributed by atoms with van der Waals surface area (Å²) in [5.41, 5.74) is 5.62. The Morgan fingerprint density at radius 3 is 2.47 bits per heavy atom. The number of anilines is 1. The number of nitrogens with zero attached hydrogens (tertiary/aromatic N) is 2. The van der Waals surface area contributed by atoms with Crippen molar-refractivity contribution in [2.45, 2.75) is 25.6 Å². The molecule has 0 saturated carbocycles. The molecule has 1 unspecified atom stereocenters. The van der Waals surface area contributed by atoms with Gasteiger partial charge in [-0.3, -0.25) is 0 Å². The first kappa shape index (κ1) is 19.8. The smallest absolute Gasteiger partial charge is 0.407 e. The lowest BCUT2D eigenvalue weighted by Crippen LogP contribution is -2.28. The highest BCUT2D eigenvalue weighted by atomic mass is 16.6. The van der Waals surface area contributed by atoms with Crippen molar-refractivity contribution in [1.82, 2.24) is 20.6 Å². The average Bonchev–Trinajstić information content (AvgIpc) is 3.18. The molecule has 4 rings (SSSR count). The summed E-state index contributed by atoms with van der Waals surface area (Å²) in [6.45, 7) is 1.89. The van der Waals surface area contributed by atoms with Crippen LogP contribution in [0.25, 0.3) is 11.1 Å². The van der Waals surface area contributed by atoms with Crippen molar-refractivity contribution in [1.29, 1.82) is 0 Å². The number of hydrogen-bond donors (Lipinski definition) is 3. The van der Waals surface area contributed by atoms with E-state index in [-0.39, 0.29) is 12.1 Å². The van der Waals surface area contributed by atoms with Crippen LogP contribution in [-0.2, 0) is 24.2 Å². The first-order valence-electron chi connectivity index (χ1n) is 10.0. The van der Waals surface area contributed by atoms with Gasteiger partial charge in [0.05, 0.1) is 6.04 Å². The van der Waals surface area contributed by atoms with E-state index < -0.39 is 0 Å². The highest BCUT2D eigenvalue weighted by molar-refractivity contribution is 5.69. The van der Waals surface area contributed by atoms with Crippen LogP contribution in [0.15, 0.2) is 60.9 Å². The number of nitrogens with one attached hydrogen (secondary N) is 3.